The van der Waals surface area contributed by atoms with E-state index in [0.717, 1.165) is 28.7 Å². The highest BCUT2D eigenvalue weighted by molar-refractivity contribution is 14.1. The zero-order valence-electron chi connectivity index (χ0n) is 12.4. The fourth-order valence-corrected chi connectivity index (χ4v) is 4.18. The van der Waals surface area contributed by atoms with Gasteiger partial charge in [0.05, 0.1) is 6.04 Å². The number of rotatable bonds is 4. The first-order valence-corrected chi connectivity index (χ1v) is 9.39. The molecule has 3 rings (SSSR count). The lowest BCUT2D eigenvalue weighted by Gasteiger charge is -2.35. The molecule has 0 spiro atoms. The second-order valence-electron chi connectivity index (χ2n) is 5.30. The van der Waals surface area contributed by atoms with Gasteiger partial charge in [0.15, 0.2) is 6.61 Å². The number of carbonyl (C=O) groups is 1. The lowest BCUT2D eigenvalue weighted by molar-refractivity contribution is -0.136. The molecule has 1 aromatic heterocycles. The first kappa shape index (κ1) is 15.8. The number of halogens is 1. The van der Waals surface area contributed by atoms with Crippen LogP contribution in [0.5, 0.6) is 5.75 Å². The monoisotopic (exact) mass is 427 g/mol. The van der Waals surface area contributed by atoms with Crippen molar-refractivity contribution in [2.45, 2.75) is 25.8 Å². The second-order valence-corrected chi connectivity index (χ2v) is 7.55. The average molecular weight is 427 g/mol. The van der Waals surface area contributed by atoms with Crippen molar-refractivity contribution in [1.29, 1.82) is 0 Å². The first-order valence-electron chi connectivity index (χ1n) is 7.43. The summed E-state index contributed by atoms with van der Waals surface area (Å²) >= 11 is 4.05. The summed E-state index contributed by atoms with van der Waals surface area (Å²) in [6.45, 7) is 3.04. The molecule has 2 heterocycles. The molecule has 3 nitrogen and oxygen atoms in total. The average Bonchev–Trinajstić information content (AvgIpc) is 3.01. The number of fused-ring (bicyclic) bond motifs is 1. The third-order valence-corrected chi connectivity index (χ3v) is 5.69. The van der Waals surface area contributed by atoms with E-state index < -0.39 is 0 Å². The van der Waals surface area contributed by atoms with Gasteiger partial charge in [0.25, 0.3) is 5.91 Å². The maximum absolute atomic E-state index is 12.5. The van der Waals surface area contributed by atoms with E-state index in [1.807, 2.05) is 29.2 Å². The summed E-state index contributed by atoms with van der Waals surface area (Å²) in [5.41, 5.74) is 1.32. The van der Waals surface area contributed by atoms with Gasteiger partial charge in [0, 0.05) is 15.0 Å². The van der Waals surface area contributed by atoms with Gasteiger partial charge >= 0.3 is 0 Å². The molecule has 0 radical (unpaired) electrons. The van der Waals surface area contributed by atoms with E-state index in [-0.39, 0.29) is 18.6 Å². The standard InChI is InChI=1S/C17H18INO2S/c1-2-15-14-8-10-22-16(14)7-9-19(15)17(20)11-21-13-5-3-12(18)4-6-13/h3-6,8,10,15H,2,7,9,11H2,1H3. The van der Waals surface area contributed by atoms with E-state index in [1.54, 1.807) is 11.3 Å². The van der Waals surface area contributed by atoms with Gasteiger partial charge in [-0.15, -0.1) is 11.3 Å². The fraction of sp³-hybridized carbons (Fsp3) is 0.353. The van der Waals surface area contributed by atoms with E-state index in [0.29, 0.717) is 0 Å². The van der Waals surface area contributed by atoms with Crippen molar-refractivity contribution < 1.29 is 9.53 Å². The van der Waals surface area contributed by atoms with Gasteiger partial charge in [-0.25, -0.2) is 0 Å². The SMILES string of the molecule is CCC1c2ccsc2CCN1C(=O)COc1ccc(I)cc1. The Bertz CT molecular complexity index is 653. The van der Waals surface area contributed by atoms with Gasteiger partial charge in [0.1, 0.15) is 5.75 Å². The van der Waals surface area contributed by atoms with Crippen molar-refractivity contribution in [2.24, 2.45) is 0 Å². The highest BCUT2D eigenvalue weighted by atomic mass is 127. The summed E-state index contributed by atoms with van der Waals surface area (Å²) in [7, 11) is 0. The molecule has 0 N–H and O–H groups in total. The smallest absolute Gasteiger partial charge is 0.261 e. The largest absolute Gasteiger partial charge is 0.484 e. The van der Waals surface area contributed by atoms with Gasteiger partial charge in [-0.2, -0.15) is 0 Å². The number of carbonyl (C=O) groups excluding carboxylic acids is 1. The minimum absolute atomic E-state index is 0.0715. The summed E-state index contributed by atoms with van der Waals surface area (Å²) < 4.78 is 6.80. The van der Waals surface area contributed by atoms with Gasteiger partial charge in [0.2, 0.25) is 0 Å². The van der Waals surface area contributed by atoms with Crippen molar-refractivity contribution in [3.8, 4) is 5.75 Å². The van der Waals surface area contributed by atoms with E-state index in [2.05, 4.69) is 41.0 Å². The number of ether oxygens (including phenoxy) is 1. The van der Waals surface area contributed by atoms with Crippen LogP contribution in [0.4, 0.5) is 0 Å². The van der Waals surface area contributed by atoms with Crippen LogP contribution in [-0.4, -0.2) is 24.0 Å². The summed E-state index contributed by atoms with van der Waals surface area (Å²) in [5.74, 6) is 0.817. The molecule has 1 aromatic carbocycles. The molecule has 0 fully saturated rings. The van der Waals surface area contributed by atoms with Gasteiger partial charge < -0.3 is 9.64 Å². The predicted molar refractivity (Wildman–Crippen MR) is 97.4 cm³/mol. The Kier molecular flexibility index (Phi) is 5.03. The summed E-state index contributed by atoms with van der Waals surface area (Å²) in [5, 5.41) is 2.13. The van der Waals surface area contributed by atoms with Gasteiger partial charge in [-0.05, 0) is 76.7 Å². The van der Waals surface area contributed by atoms with E-state index >= 15 is 0 Å². The van der Waals surface area contributed by atoms with Crippen molar-refractivity contribution in [3.05, 3.63) is 49.7 Å². The molecule has 0 saturated heterocycles. The topological polar surface area (TPSA) is 29.5 Å². The van der Waals surface area contributed by atoms with Crippen LogP contribution in [0, 0.1) is 3.57 Å². The number of benzene rings is 1. The normalized spacial score (nSPS) is 17.2. The molecule has 2 aromatic rings. The molecule has 1 amide bonds. The molecule has 1 unspecified atom stereocenters. The number of hydrogen-bond acceptors (Lipinski definition) is 3. The summed E-state index contributed by atoms with van der Waals surface area (Å²) in [4.78, 5) is 15.9. The first-order chi connectivity index (χ1) is 10.7. The molecule has 1 aliphatic heterocycles. The van der Waals surface area contributed by atoms with Crippen LogP contribution >= 0.6 is 33.9 Å². The zero-order chi connectivity index (χ0) is 15.5. The van der Waals surface area contributed by atoms with Crippen LogP contribution in [-0.2, 0) is 11.2 Å². The lowest BCUT2D eigenvalue weighted by Crippen LogP contribution is -2.41. The van der Waals surface area contributed by atoms with Crippen molar-refractivity contribution in [1.82, 2.24) is 4.90 Å². The Morgan fingerprint density at radius 3 is 2.86 bits per heavy atom. The molecule has 1 atom stereocenters. The van der Waals surface area contributed by atoms with Gasteiger partial charge in [-0.3, -0.25) is 4.79 Å². The highest BCUT2D eigenvalue weighted by Gasteiger charge is 2.30. The molecule has 0 aliphatic carbocycles. The Hall–Kier alpha value is -1.08. The summed E-state index contributed by atoms with van der Waals surface area (Å²) in [6.07, 6.45) is 1.90. The molecular weight excluding hydrogens is 409 g/mol. The molecule has 5 heteroatoms. The third-order valence-electron chi connectivity index (χ3n) is 3.98. The van der Waals surface area contributed by atoms with E-state index in [1.165, 1.54) is 10.4 Å². The molecular formula is C17H18INO2S. The molecule has 22 heavy (non-hydrogen) atoms. The van der Waals surface area contributed by atoms with E-state index in [9.17, 15) is 4.79 Å². The van der Waals surface area contributed by atoms with Crippen molar-refractivity contribution in [2.75, 3.05) is 13.2 Å². The predicted octanol–water partition coefficient (Wildman–Crippen LogP) is 4.27. The molecule has 1 aliphatic rings. The maximum Gasteiger partial charge on any atom is 0.261 e. The quantitative estimate of drug-likeness (QED) is 0.683. The van der Waals surface area contributed by atoms with E-state index in [4.69, 9.17) is 4.74 Å². The van der Waals surface area contributed by atoms with Crippen LogP contribution < -0.4 is 4.74 Å². The Labute approximate surface area is 148 Å². The third kappa shape index (κ3) is 3.30. The Balaban J connectivity index is 1.66. The van der Waals surface area contributed by atoms with Crippen molar-refractivity contribution in [3.63, 3.8) is 0 Å². The van der Waals surface area contributed by atoms with Crippen LogP contribution in [0.2, 0.25) is 0 Å². The molecule has 0 saturated carbocycles. The highest BCUT2D eigenvalue weighted by Crippen LogP contribution is 2.35. The minimum atomic E-state index is 0.0715. The van der Waals surface area contributed by atoms with Gasteiger partial charge in [-0.1, -0.05) is 6.92 Å². The van der Waals surface area contributed by atoms with Crippen LogP contribution in [0.15, 0.2) is 35.7 Å². The van der Waals surface area contributed by atoms with Crippen LogP contribution in [0.3, 0.4) is 0 Å². The summed E-state index contributed by atoms with van der Waals surface area (Å²) in [6, 6.07) is 10.1. The second kappa shape index (κ2) is 7.00. The molecule has 0 bridgehead atoms. The number of hydrogen-bond donors (Lipinski definition) is 0. The van der Waals surface area contributed by atoms with Crippen LogP contribution in [0.1, 0.15) is 29.8 Å². The number of amides is 1. The Morgan fingerprint density at radius 2 is 2.14 bits per heavy atom. The minimum Gasteiger partial charge on any atom is -0.484 e. The number of thiophene rings is 1. The maximum atomic E-state index is 12.5. The fourth-order valence-electron chi connectivity index (χ4n) is 2.89. The van der Waals surface area contributed by atoms with Crippen LogP contribution in [0.25, 0.3) is 0 Å². The lowest BCUT2D eigenvalue weighted by atomic mass is 9.98. The Morgan fingerprint density at radius 1 is 1.36 bits per heavy atom. The van der Waals surface area contributed by atoms with Crippen molar-refractivity contribution >= 4 is 39.8 Å². The zero-order valence-corrected chi connectivity index (χ0v) is 15.4. The molecule has 116 valence electrons. The number of nitrogens with zero attached hydrogens (tertiary/aromatic N) is 1.